The van der Waals surface area contributed by atoms with Gasteiger partial charge in [-0.3, -0.25) is 4.79 Å². The van der Waals surface area contributed by atoms with E-state index < -0.39 is 0 Å². The molecule has 0 bridgehead atoms. The van der Waals surface area contributed by atoms with Crippen LogP contribution in [0.2, 0.25) is 0 Å². The highest BCUT2D eigenvalue weighted by Crippen LogP contribution is 2.14. The van der Waals surface area contributed by atoms with Crippen molar-refractivity contribution in [3.05, 3.63) is 47.7 Å². The molecule has 0 radical (unpaired) electrons. The molecule has 0 saturated carbocycles. The van der Waals surface area contributed by atoms with Gasteiger partial charge in [0.1, 0.15) is 11.8 Å². The molecule has 5 nitrogen and oxygen atoms in total. The Hall–Kier alpha value is -2.30. The average molecular weight is 259 g/mol. The molecule has 0 aliphatic heterocycles. The maximum absolute atomic E-state index is 12.0. The minimum Gasteiger partial charge on any atom is -0.444 e. The predicted molar refractivity (Wildman–Crippen MR) is 73.1 cm³/mol. The van der Waals surface area contributed by atoms with Gasteiger partial charge in [-0.2, -0.15) is 0 Å². The molecule has 0 aliphatic carbocycles. The molecule has 1 aromatic carbocycles. The molecule has 2 rings (SSSR count). The van der Waals surface area contributed by atoms with Crippen molar-refractivity contribution in [1.29, 1.82) is 0 Å². The van der Waals surface area contributed by atoms with Crippen LogP contribution in [0.4, 0.5) is 5.69 Å². The summed E-state index contributed by atoms with van der Waals surface area (Å²) in [5.41, 5.74) is 1.57. The molecule has 1 unspecified atom stereocenters. The first-order valence-electron chi connectivity index (χ1n) is 6.11. The first kappa shape index (κ1) is 13.1. The van der Waals surface area contributed by atoms with Gasteiger partial charge in [0.2, 0.25) is 5.89 Å². The summed E-state index contributed by atoms with van der Waals surface area (Å²) in [5.74, 6) is 1.10. The van der Waals surface area contributed by atoms with Gasteiger partial charge in [-0.1, -0.05) is 0 Å². The molecule has 1 amide bonds. The zero-order chi connectivity index (χ0) is 13.8. The number of benzene rings is 1. The Labute approximate surface area is 112 Å². The zero-order valence-electron chi connectivity index (χ0n) is 11.2. The Bertz CT molecular complexity index is 560. The third-order valence-corrected chi connectivity index (χ3v) is 2.79. The number of nitrogens with one attached hydrogen (secondary N) is 2. The molecule has 5 heteroatoms. The van der Waals surface area contributed by atoms with Gasteiger partial charge >= 0.3 is 0 Å². The monoisotopic (exact) mass is 259 g/mol. The fourth-order valence-corrected chi connectivity index (χ4v) is 1.70. The Morgan fingerprint density at radius 3 is 2.53 bits per heavy atom. The average Bonchev–Trinajstić information content (AvgIpc) is 2.85. The van der Waals surface area contributed by atoms with E-state index >= 15 is 0 Å². The molecule has 0 aliphatic rings. The number of carbonyl (C=O) groups is 1. The van der Waals surface area contributed by atoms with Gasteiger partial charge in [0.25, 0.3) is 5.91 Å². The third kappa shape index (κ3) is 3.13. The smallest absolute Gasteiger partial charge is 0.251 e. The van der Waals surface area contributed by atoms with E-state index in [-0.39, 0.29) is 11.9 Å². The number of hydrogen-bond acceptors (Lipinski definition) is 4. The van der Waals surface area contributed by atoms with Crippen LogP contribution in [0.1, 0.15) is 35.0 Å². The second-order valence-electron chi connectivity index (χ2n) is 4.33. The predicted octanol–water partition coefficient (Wildman–Crippen LogP) is 2.52. The Morgan fingerprint density at radius 1 is 1.32 bits per heavy atom. The normalized spacial score (nSPS) is 11.9. The van der Waals surface area contributed by atoms with Crippen LogP contribution >= 0.6 is 0 Å². The van der Waals surface area contributed by atoms with Crippen molar-refractivity contribution in [3.63, 3.8) is 0 Å². The van der Waals surface area contributed by atoms with Gasteiger partial charge in [-0.05, 0) is 38.1 Å². The number of anilines is 1. The van der Waals surface area contributed by atoms with Crippen molar-refractivity contribution in [2.24, 2.45) is 0 Å². The number of amides is 1. The molecule has 0 spiro atoms. The Kier molecular flexibility index (Phi) is 3.85. The van der Waals surface area contributed by atoms with Crippen LogP contribution in [0.15, 0.2) is 34.9 Å². The van der Waals surface area contributed by atoms with Gasteiger partial charge < -0.3 is 15.1 Å². The van der Waals surface area contributed by atoms with Crippen LogP contribution in [-0.4, -0.2) is 17.9 Å². The molecular formula is C14H17N3O2. The van der Waals surface area contributed by atoms with Crippen molar-refractivity contribution >= 4 is 11.6 Å². The van der Waals surface area contributed by atoms with Crippen LogP contribution < -0.4 is 10.6 Å². The molecule has 2 aromatic rings. The third-order valence-electron chi connectivity index (χ3n) is 2.79. The number of carbonyl (C=O) groups excluding carboxylic acids is 1. The molecular weight excluding hydrogens is 242 g/mol. The summed E-state index contributed by atoms with van der Waals surface area (Å²) in [6, 6.07) is 7.00. The molecule has 1 atom stereocenters. The van der Waals surface area contributed by atoms with E-state index in [9.17, 15) is 4.79 Å². The molecule has 0 saturated heterocycles. The van der Waals surface area contributed by atoms with Gasteiger partial charge in [0, 0.05) is 18.3 Å². The summed E-state index contributed by atoms with van der Waals surface area (Å²) < 4.78 is 5.38. The minimum absolute atomic E-state index is 0.147. The molecule has 2 N–H and O–H groups in total. The number of aryl methyl sites for hydroxylation is 1. The van der Waals surface area contributed by atoms with Crippen molar-refractivity contribution in [1.82, 2.24) is 10.3 Å². The lowest BCUT2D eigenvalue weighted by Gasteiger charge is -2.10. The van der Waals surface area contributed by atoms with E-state index in [4.69, 9.17) is 4.42 Å². The van der Waals surface area contributed by atoms with E-state index in [0.29, 0.717) is 11.5 Å². The van der Waals surface area contributed by atoms with E-state index in [2.05, 4.69) is 15.6 Å². The molecule has 19 heavy (non-hydrogen) atoms. The van der Waals surface area contributed by atoms with Crippen LogP contribution in [0.25, 0.3) is 0 Å². The highest BCUT2D eigenvalue weighted by atomic mass is 16.4. The van der Waals surface area contributed by atoms with E-state index in [1.165, 1.54) is 0 Å². The summed E-state index contributed by atoms with van der Waals surface area (Å²) in [5, 5.41) is 5.85. The molecule has 1 heterocycles. The first-order chi connectivity index (χ1) is 9.10. The van der Waals surface area contributed by atoms with E-state index in [0.717, 1.165) is 11.4 Å². The number of rotatable bonds is 4. The summed E-state index contributed by atoms with van der Waals surface area (Å²) in [6.45, 7) is 3.66. The second-order valence-corrected chi connectivity index (χ2v) is 4.33. The van der Waals surface area contributed by atoms with E-state index in [1.807, 2.05) is 33.0 Å². The Balaban J connectivity index is 2.03. The van der Waals surface area contributed by atoms with E-state index in [1.54, 1.807) is 18.3 Å². The fourth-order valence-electron chi connectivity index (χ4n) is 1.70. The summed E-state index contributed by atoms with van der Waals surface area (Å²) in [4.78, 5) is 16.1. The van der Waals surface area contributed by atoms with Gasteiger partial charge in [-0.15, -0.1) is 0 Å². The maximum Gasteiger partial charge on any atom is 0.251 e. The van der Waals surface area contributed by atoms with Gasteiger partial charge in [0.15, 0.2) is 0 Å². The second kappa shape index (κ2) is 5.56. The van der Waals surface area contributed by atoms with Crippen LogP contribution in [0.5, 0.6) is 0 Å². The van der Waals surface area contributed by atoms with Gasteiger partial charge in [-0.25, -0.2) is 4.98 Å². The summed E-state index contributed by atoms with van der Waals surface area (Å²) in [7, 11) is 1.84. The zero-order valence-corrected chi connectivity index (χ0v) is 11.2. The van der Waals surface area contributed by atoms with Crippen LogP contribution in [0, 0.1) is 6.92 Å². The lowest BCUT2D eigenvalue weighted by Crippen LogP contribution is -2.26. The lowest BCUT2D eigenvalue weighted by atomic mass is 10.2. The van der Waals surface area contributed by atoms with Gasteiger partial charge in [0.05, 0.1) is 6.20 Å². The maximum atomic E-state index is 12.0. The van der Waals surface area contributed by atoms with Crippen molar-refractivity contribution in [2.45, 2.75) is 19.9 Å². The highest BCUT2D eigenvalue weighted by Gasteiger charge is 2.15. The van der Waals surface area contributed by atoms with Crippen molar-refractivity contribution in [2.75, 3.05) is 12.4 Å². The minimum atomic E-state index is -0.259. The first-order valence-corrected chi connectivity index (χ1v) is 6.11. The fraction of sp³-hybridized carbons (Fsp3) is 0.286. The van der Waals surface area contributed by atoms with Crippen LogP contribution in [0.3, 0.4) is 0 Å². The topological polar surface area (TPSA) is 67.2 Å². The lowest BCUT2D eigenvalue weighted by molar-refractivity contribution is 0.0934. The number of nitrogens with zero attached hydrogens (tertiary/aromatic N) is 1. The molecule has 0 fully saturated rings. The van der Waals surface area contributed by atoms with Crippen molar-refractivity contribution in [3.8, 4) is 0 Å². The number of aromatic nitrogens is 1. The summed E-state index contributed by atoms with van der Waals surface area (Å²) in [6.07, 6.45) is 1.64. The Morgan fingerprint density at radius 2 is 2.00 bits per heavy atom. The van der Waals surface area contributed by atoms with Crippen molar-refractivity contribution < 1.29 is 9.21 Å². The standard InChI is InChI=1S/C14H17N3O2/c1-9-8-16-14(19-9)10(2)17-13(18)11-4-6-12(15-3)7-5-11/h4-8,10,15H,1-3H3,(H,17,18). The quantitative estimate of drug-likeness (QED) is 0.885. The largest absolute Gasteiger partial charge is 0.444 e. The number of hydrogen-bond donors (Lipinski definition) is 2. The number of oxazole rings is 1. The highest BCUT2D eigenvalue weighted by molar-refractivity contribution is 5.94. The van der Waals surface area contributed by atoms with Crippen LogP contribution in [-0.2, 0) is 0 Å². The SMILES string of the molecule is CNc1ccc(C(=O)NC(C)c2ncc(C)o2)cc1. The summed E-state index contributed by atoms with van der Waals surface area (Å²) >= 11 is 0. The molecule has 1 aromatic heterocycles. The molecule has 100 valence electrons.